The van der Waals surface area contributed by atoms with Gasteiger partial charge in [-0.3, -0.25) is 0 Å². The molecule has 1 aromatic carbocycles. The number of rotatable bonds is 5. The van der Waals surface area contributed by atoms with Crippen LogP contribution in [0.2, 0.25) is 0 Å². The van der Waals surface area contributed by atoms with E-state index in [0.717, 1.165) is 22.4 Å². The van der Waals surface area contributed by atoms with Gasteiger partial charge in [-0.2, -0.15) is 4.31 Å². The predicted octanol–water partition coefficient (Wildman–Crippen LogP) is 0.687. The summed E-state index contributed by atoms with van der Waals surface area (Å²) < 4.78 is 24.8. The molecule has 1 aliphatic rings. The lowest BCUT2D eigenvalue weighted by molar-refractivity contribution is 0.387. The van der Waals surface area contributed by atoms with Crippen molar-refractivity contribution in [3.63, 3.8) is 0 Å². The van der Waals surface area contributed by atoms with Crippen LogP contribution in [0, 0.1) is 0 Å². The van der Waals surface area contributed by atoms with Crippen molar-refractivity contribution in [2.75, 3.05) is 55.7 Å². The molecule has 1 aliphatic heterocycles. The van der Waals surface area contributed by atoms with Crippen molar-refractivity contribution in [1.29, 1.82) is 0 Å². The predicted molar refractivity (Wildman–Crippen MR) is 97.9 cm³/mol. The van der Waals surface area contributed by atoms with Crippen LogP contribution in [0.5, 0.6) is 0 Å². The zero-order valence-electron chi connectivity index (χ0n) is 13.8. The average Bonchev–Trinajstić information content (AvgIpc) is 2.59. The van der Waals surface area contributed by atoms with Gasteiger partial charge < -0.3 is 16.0 Å². The molecule has 3 rings (SSSR count). The zero-order chi connectivity index (χ0) is 17.2. The van der Waals surface area contributed by atoms with Gasteiger partial charge in [0.05, 0.1) is 11.8 Å². The number of aromatic nitrogens is 1. The van der Waals surface area contributed by atoms with Crippen molar-refractivity contribution >= 4 is 32.4 Å². The second-order valence-electron chi connectivity index (χ2n) is 5.91. The standard InChI is InChI=1S/C16H23N5O2S/c1-24(22,23)21-10-8-20(9-11-21)16-12-15(18-7-6-17)13-4-2-3-5-14(13)19-16/h2-5,12H,6-11,17H2,1H3,(H,18,19). The fourth-order valence-electron chi connectivity index (χ4n) is 2.93. The molecule has 2 aromatic rings. The van der Waals surface area contributed by atoms with E-state index in [1.165, 1.54) is 10.6 Å². The topological polar surface area (TPSA) is 91.6 Å². The minimum Gasteiger partial charge on any atom is -0.383 e. The first-order valence-corrected chi connectivity index (χ1v) is 9.87. The van der Waals surface area contributed by atoms with E-state index in [-0.39, 0.29) is 0 Å². The van der Waals surface area contributed by atoms with E-state index in [9.17, 15) is 8.42 Å². The third kappa shape index (κ3) is 3.61. The van der Waals surface area contributed by atoms with Crippen molar-refractivity contribution in [3.8, 4) is 0 Å². The molecule has 0 radical (unpaired) electrons. The molecule has 7 nitrogen and oxygen atoms in total. The Kier molecular flexibility index (Phi) is 4.88. The molecule has 3 N–H and O–H groups in total. The van der Waals surface area contributed by atoms with E-state index >= 15 is 0 Å². The molecular weight excluding hydrogens is 326 g/mol. The van der Waals surface area contributed by atoms with Gasteiger partial charge in [0.1, 0.15) is 5.82 Å². The van der Waals surface area contributed by atoms with Crippen molar-refractivity contribution in [2.24, 2.45) is 5.73 Å². The van der Waals surface area contributed by atoms with Crippen LogP contribution in [-0.2, 0) is 10.0 Å². The highest BCUT2D eigenvalue weighted by molar-refractivity contribution is 7.88. The first-order valence-electron chi connectivity index (χ1n) is 8.03. The van der Waals surface area contributed by atoms with Crippen LogP contribution in [0.15, 0.2) is 30.3 Å². The summed E-state index contributed by atoms with van der Waals surface area (Å²) in [6.45, 7) is 3.48. The Balaban J connectivity index is 1.87. The zero-order valence-corrected chi connectivity index (χ0v) is 14.6. The summed E-state index contributed by atoms with van der Waals surface area (Å²) in [5.74, 6) is 0.862. The molecule has 0 atom stereocenters. The normalized spacial score (nSPS) is 16.5. The first kappa shape index (κ1) is 16.9. The summed E-state index contributed by atoms with van der Waals surface area (Å²) in [4.78, 5) is 6.87. The van der Waals surface area contributed by atoms with Crippen LogP contribution in [0.25, 0.3) is 10.9 Å². The highest BCUT2D eigenvalue weighted by Gasteiger charge is 2.24. The summed E-state index contributed by atoms with van der Waals surface area (Å²) in [6, 6.07) is 10.00. The Morgan fingerprint density at radius 2 is 1.92 bits per heavy atom. The fraction of sp³-hybridized carbons (Fsp3) is 0.438. The van der Waals surface area contributed by atoms with E-state index in [2.05, 4.69) is 10.2 Å². The van der Waals surface area contributed by atoms with Crippen molar-refractivity contribution in [2.45, 2.75) is 0 Å². The molecule has 0 aliphatic carbocycles. The van der Waals surface area contributed by atoms with Crippen molar-refractivity contribution in [1.82, 2.24) is 9.29 Å². The van der Waals surface area contributed by atoms with Crippen LogP contribution in [0.3, 0.4) is 0 Å². The van der Waals surface area contributed by atoms with Gasteiger partial charge >= 0.3 is 0 Å². The number of nitrogens with two attached hydrogens (primary N) is 1. The molecule has 0 unspecified atom stereocenters. The minimum atomic E-state index is -3.13. The van der Waals surface area contributed by atoms with Crippen LogP contribution < -0.4 is 16.0 Å². The first-order chi connectivity index (χ1) is 11.5. The van der Waals surface area contributed by atoms with Gasteiger partial charge in [-0.05, 0) is 6.07 Å². The van der Waals surface area contributed by atoms with Crippen LogP contribution in [0.1, 0.15) is 0 Å². The highest BCUT2D eigenvalue weighted by Crippen LogP contribution is 2.27. The van der Waals surface area contributed by atoms with E-state index in [1.54, 1.807) is 0 Å². The lowest BCUT2D eigenvalue weighted by Gasteiger charge is -2.34. The molecule has 130 valence electrons. The summed E-state index contributed by atoms with van der Waals surface area (Å²) in [5.41, 5.74) is 7.53. The van der Waals surface area contributed by atoms with Gasteiger partial charge in [0.25, 0.3) is 0 Å². The van der Waals surface area contributed by atoms with Crippen LogP contribution >= 0.6 is 0 Å². The maximum Gasteiger partial charge on any atom is 0.211 e. The number of piperazine rings is 1. The van der Waals surface area contributed by atoms with Crippen LogP contribution in [0.4, 0.5) is 11.5 Å². The SMILES string of the molecule is CS(=O)(=O)N1CCN(c2cc(NCCN)c3ccccc3n2)CC1. The summed E-state index contributed by atoms with van der Waals surface area (Å²) in [6.07, 6.45) is 1.26. The maximum atomic E-state index is 11.6. The molecule has 1 fully saturated rings. The van der Waals surface area contributed by atoms with Gasteiger partial charge in [0.2, 0.25) is 10.0 Å². The monoisotopic (exact) mass is 349 g/mol. The smallest absolute Gasteiger partial charge is 0.211 e. The maximum absolute atomic E-state index is 11.6. The number of benzene rings is 1. The fourth-order valence-corrected chi connectivity index (χ4v) is 3.75. The average molecular weight is 349 g/mol. The Morgan fingerprint density at radius 3 is 2.58 bits per heavy atom. The Morgan fingerprint density at radius 1 is 1.21 bits per heavy atom. The number of nitrogens with one attached hydrogen (secondary N) is 1. The molecule has 0 amide bonds. The van der Waals surface area contributed by atoms with Crippen molar-refractivity contribution < 1.29 is 8.42 Å². The van der Waals surface area contributed by atoms with Crippen LogP contribution in [-0.4, -0.2) is 63.2 Å². The number of nitrogens with zero attached hydrogens (tertiary/aromatic N) is 3. The lowest BCUT2D eigenvalue weighted by atomic mass is 10.1. The van der Waals surface area contributed by atoms with E-state index in [4.69, 9.17) is 10.7 Å². The molecule has 2 heterocycles. The second kappa shape index (κ2) is 6.92. The molecule has 0 bridgehead atoms. The molecule has 24 heavy (non-hydrogen) atoms. The number of anilines is 2. The number of hydrogen-bond acceptors (Lipinski definition) is 6. The third-order valence-corrected chi connectivity index (χ3v) is 5.50. The minimum absolute atomic E-state index is 0.485. The Labute approximate surface area is 142 Å². The quantitative estimate of drug-likeness (QED) is 0.825. The van der Waals surface area contributed by atoms with Gasteiger partial charge in [-0.25, -0.2) is 13.4 Å². The van der Waals surface area contributed by atoms with E-state index in [0.29, 0.717) is 39.3 Å². The van der Waals surface area contributed by atoms with Gasteiger partial charge in [0, 0.05) is 56.4 Å². The largest absolute Gasteiger partial charge is 0.383 e. The number of pyridine rings is 1. The summed E-state index contributed by atoms with van der Waals surface area (Å²) >= 11 is 0. The number of fused-ring (bicyclic) bond motifs is 1. The molecule has 0 saturated carbocycles. The molecular formula is C16H23N5O2S. The molecule has 1 aromatic heterocycles. The third-order valence-electron chi connectivity index (χ3n) is 4.19. The Hall–Kier alpha value is -1.90. The Bertz CT molecular complexity index is 816. The van der Waals surface area contributed by atoms with Crippen molar-refractivity contribution in [3.05, 3.63) is 30.3 Å². The molecule has 0 spiro atoms. The van der Waals surface area contributed by atoms with Gasteiger partial charge in [-0.15, -0.1) is 0 Å². The van der Waals surface area contributed by atoms with Gasteiger partial charge in [-0.1, -0.05) is 18.2 Å². The number of sulfonamides is 1. The van der Waals surface area contributed by atoms with E-state index in [1.807, 2.05) is 30.3 Å². The second-order valence-corrected chi connectivity index (χ2v) is 7.89. The molecule has 1 saturated heterocycles. The van der Waals surface area contributed by atoms with E-state index < -0.39 is 10.0 Å². The number of hydrogen-bond donors (Lipinski definition) is 2. The van der Waals surface area contributed by atoms with Gasteiger partial charge in [0.15, 0.2) is 0 Å². The summed E-state index contributed by atoms with van der Waals surface area (Å²) in [7, 11) is -3.13. The lowest BCUT2D eigenvalue weighted by Crippen LogP contribution is -2.48. The number of para-hydroxylation sites is 1. The molecule has 8 heteroatoms. The summed E-state index contributed by atoms with van der Waals surface area (Å²) in [5, 5.41) is 4.41. The highest BCUT2D eigenvalue weighted by atomic mass is 32.2.